The molecule has 0 radical (unpaired) electrons. The van der Waals surface area contributed by atoms with Crippen LogP contribution in [-0.2, 0) is 27.7 Å². The fraction of sp³-hybridized carbons (Fsp3) is 0.435. The second kappa shape index (κ2) is 9.39. The van der Waals surface area contributed by atoms with Crippen LogP contribution in [0.3, 0.4) is 0 Å². The number of piperazine rings is 1. The van der Waals surface area contributed by atoms with Gasteiger partial charge in [0.2, 0.25) is 15.9 Å². The number of hydrogen-bond acceptors (Lipinski definition) is 5. The maximum atomic E-state index is 13.1. The predicted octanol–water partition coefficient (Wildman–Crippen LogP) is 3.17. The molecule has 7 nitrogen and oxygen atoms in total. The van der Waals surface area contributed by atoms with Gasteiger partial charge < -0.3 is 10.1 Å². The summed E-state index contributed by atoms with van der Waals surface area (Å²) in [5.41, 5.74) is 2.91. The molecule has 9 heteroatoms. The van der Waals surface area contributed by atoms with Gasteiger partial charge in [0.05, 0.1) is 23.7 Å². The van der Waals surface area contributed by atoms with Crippen molar-refractivity contribution in [1.29, 1.82) is 0 Å². The zero-order valence-electron chi connectivity index (χ0n) is 18.3. The van der Waals surface area contributed by atoms with Crippen molar-refractivity contribution in [2.45, 2.75) is 37.1 Å². The van der Waals surface area contributed by atoms with Gasteiger partial charge >= 0.3 is 0 Å². The monoisotopic (exact) mass is 477 g/mol. The smallest absolute Gasteiger partial charge is 0.243 e. The number of nitrogens with one attached hydrogen (secondary N) is 1. The lowest BCUT2D eigenvalue weighted by atomic mass is 10.1. The molecule has 1 heterocycles. The number of ether oxygens (including phenoxy) is 1. The molecule has 2 aromatic carbocycles. The van der Waals surface area contributed by atoms with Gasteiger partial charge in [-0.25, -0.2) is 8.42 Å². The minimum atomic E-state index is -3.54. The number of halogens is 1. The fourth-order valence-corrected chi connectivity index (χ4v) is 6.02. The molecule has 1 atom stereocenters. The van der Waals surface area contributed by atoms with Gasteiger partial charge in [-0.2, -0.15) is 4.31 Å². The number of nitrogens with zero attached hydrogens (tertiary/aromatic N) is 2. The first-order valence-corrected chi connectivity index (χ1v) is 12.6. The SMILES string of the molecule is COc1ccc(Cl)cc1NC(=O)[C@@H](C)N1CCN(S(=O)(=O)c2ccc3c(c2)CCC3)CC1. The summed E-state index contributed by atoms with van der Waals surface area (Å²) in [6.07, 6.45) is 3.05. The average Bonchev–Trinajstić information content (AvgIpc) is 3.27. The van der Waals surface area contributed by atoms with Gasteiger partial charge in [-0.1, -0.05) is 17.7 Å². The number of methoxy groups -OCH3 is 1. The van der Waals surface area contributed by atoms with Crippen molar-refractivity contribution in [3.8, 4) is 5.75 Å². The van der Waals surface area contributed by atoms with Gasteiger partial charge in [0.1, 0.15) is 5.75 Å². The van der Waals surface area contributed by atoms with Crippen LogP contribution in [0.2, 0.25) is 5.02 Å². The highest BCUT2D eigenvalue weighted by Crippen LogP contribution is 2.29. The van der Waals surface area contributed by atoms with E-state index in [9.17, 15) is 13.2 Å². The van der Waals surface area contributed by atoms with Crippen molar-refractivity contribution < 1.29 is 17.9 Å². The van der Waals surface area contributed by atoms with Crippen LogP contribution in [0, 0.1) is 0 Å². The highest BCUT2D eigenvalue weighted by molar-refractivity contribution is 7.89. The molecule has 1 amide bonds. The normalized spacial score (nSPS) is 18.2. The maximum absolute atomic E-state index is 13.1. The molecule has 2 aliphatic rings. The van der Waals surface area contributed by atoms with Crippen LogP contribution >= 0.6 is 11.6 Å². The summed E-state index contributed by atoms with van der Waals surface area (Å²) >= 11 is 6.05. The van der Waals surface area contributed by atoms with Crippen LogP contribution in [-0.4, -0.2) is 62.9 Å². The molecular weight excluding hydrogens is 450 g/mol. The molecule has 0 aromatic heterocycles. The number of anilines is 1. The summed E-state index contributed by atoms with van der Waals surface area (Å²) in [5, 5.41) is 3.37. The average molecular weight is 478 g/mol. The Kier molecular flexibility index (Phi) is 6.76. The number of rotatable bonds is 6. The number of carbonyl (C=O) groups excluding carboxylic acids is 1. The lowest BCUT2D eigenvalue weighted by molar-refractivity contribution is -0.121. The van der Waals surface area contributed by atoms with Crippen LogP contribution in [0.4, 0.5) is 5.69 Å². The van der Waals surface area contributed by atoms with E-state index in [1.807, 2.05) is 24.0 Å². The minimum absolute atomic E-state index is 0.194. The Bertz CT molecular complexity index is 1110. The Labute approximate surface area is 194 Å². The van der Waals surface area contributed by atoms with Crippen molar-refractivity contribution >= 4 is 33.2 Å². The van der Waals surface area contributed by atoms with Gasteiger partial charge in [0.25, 0.3) is 0 Å². The second-order valence-electron chi connectivity index (χ2n) is 8.23. The maximum Gasteiger partial charge on any atom is 0.243 e. The van der Waals surface area contributed by atoms with Gasteiger partial charge in [-0.3, -0.25) is 9.69 Å². The number of carbonyl (C=O) groups is 1. The molecule has 1 aliphatic carbocycles. The van der Waals surface area contributed by atoms with Gasteiger partial charge in [-0.15, -0.1) is 0 Å². The summed E-state index contributed by atoms with van der Waals surface area (Å²) in [5.74, 6) is 0.334. The van der Waals surface area contributed by atoms with E-state index in [0.717, 1.165) is 24.8 Å². The third kappa shape index (κ3) is 4.64. The van der Waals surface area contributed by atoms with Crippen LogP contribution in [0.15, 0.2) is 41.3 Å². The molecule has 0 unspecified atom stereocenters. The molecule has 172 valence electrons. The largest absolute Gasteiger partial charge is 0.495 e. The fourth-order valence-electron chi connectivity index (χ4n) is 4.37. The summed E-state index contributed by atoms with van der Waals surface area (Å²) < 4.78 is 33.1. The molecule has 0 spiro atoms. The summed E-state index contributed by atoms with van der Waals surface area (Å²) in [6, 6.07) is 10.1. The second-order valence-corrected chi connectivity index (χ2v) is 10.6. The Morgan fingerprint density at radius 2 is 1.78 bits per heavy atom. The minimum Gasteiger partial charge on any atom is -0.495 e. The molecular formula is C23H28ClN3O4S. The Morgan fingerprint density at radius 1 is 1.06 bits per heavy atom. The molecule has 32 heavy (non-hydrogen) atoms. The van der Waals surface area contributed by atoms with Crippen LogP contribution < -0.4 is 10.1 Å². The molecule has 1 N–H and O–H groups in total. The third-order valence-corrected chi connectivity index (χ3v) is 8.46. The van der Waals surface area contributed by atoms with Crippen LogP contribution in [0.1, 0.15) is 24.5 Å². The lowest BCUT2D eigenvalue weighted by Crippen LogP contribution is -2.53. The zero-order chi connectivity index (χ0) is 22.9. The van der Waals surface area contributed by atoms with E-state index in [0.29, 0.717) is 47.5 Å². The predicted molar refractivity (Wildman–Crippen MR) is 125 cm³/mol. The molecule has 2 aromatic rings. The zero-order valence-corrected chi connectivity index (χ0v) is 19.9. The standard InChI is InChI=1S/C23H28ClN3O4S/c1-16(23(28)25-21-15-19(24)7-9-22(21)31-2)26-10-12-27(13-11-26)32(29,30)20-8-6-17-4-3-5-18(17)14-20/h6-9,14-16H,3-5,10-13H2,1-2H3,(H,25,28)/t16-/m1/s1. The van der Waals surface area contributed by atoms with E-state index < -0.39 is 16.1 Å². The number of amides is 1. The van der Waals surface area contributed by atoms with E-state index in [4.69, 9.17) is 16.3 Å². The molecule has 1 fully saturated rings. The lowest BCUT2D eigenvalue weighted by Gasteiger charge is -2.36. The summed E-state index contributed by atoms with van der Waals surface area (Å²) in [4.78, 5) is 15.2. The van der Waals surface area contributed by atoms with Crippen LogP contribution in [0.5, 0.6) is 5.75 Å². The number of aryl methyl sites for hydroxylation is 2. The number of hydrogen-bond donors (Lipinski definition) is 1. The first-order valence-electron chi connectivity index (χ1n) is 10.8. The Balaban J connectivity index is 1.39. The summed E-state index contributed by atoms with van der Waals surface area (Å²) in [7, 11) is -2.01. The van der Waals surface area contributed by atoms with E-state index in [1.165, 1.54) is 17.0 Å². The first-order chi connectivity index (χ1) is 15.3. The van der Waals surface area contributed by atoms with Gasteiger partial charge in [0, 0.05) is 31.2 Å². The van der Waals surface area contributed by atoms with Gasteiger partial charge in [0.15, 0.2) is 0 Å². The topological polar surface area (TPSA) is 79.0 Å². The van der Waals surface area contributed by atoms with E-state index in [2.05, 4.69) is 5.32 Å². The molecule has 0 saturated carbocycles. The summed E-state index contributed by atoms with van der Waals surface area (Å²) in [6.45, 7) is 3.46. The molecule has 1 aliphatic heterocycles. The quantitative estimate of drug-likeness (QED) is 0.691. The first kappa shape index (κ1) is 23.0. The highest BCUT2D eigenvalue weighted by atomic mass is 35.5. The molecule has 1 saturated heterocycles. The van der Waals surface area contributed by atoms with Gasteiger partial charge in [-0.05, 0) is 67.6 Å². The van der Waals surface area contributed by atoms with E-state index in [-0.39, 0.29) is 5.91 Å². The molecule has 4 rings (SSSR count). The van der Waals surface area contributed by atoms with Crippen molar-refractivity contribution in [2.24, 2.45) is 0 Å². The Morgan fingerprint density at radius 3 is 2.50 bits per heavy atom. The van der Waals surface area contributed by atoms with E-state index in [1.54, 1.807) is 24.3 Å². The third-order valence-electron chi connectivity index (χ3n) is 6.33. The van der Waals surface area contributed by atoms with Crippen LogP contribution in [0.25, 0.3) is 0 Å². The van der Waals surface area contributed by atoms with Crippen molar-refractivity contribution in [3.63, 3.8) is 0 Å². The number of fused-ring (bicyclic) bond motifs is 1. The van der Waals surface area contributed by atoms with Crippen molar-refractivity contribution in [1.82, 2.24) is 9.21 Å². The van der Waals surface area contributed by atoms with E-state index >= 15 is 0 Å². The Hall–Kier alpha value is -2.13. The number of benzene rings is 2. The molecule has 0 bridgehead atoms. The van der Waals surface area contributed by atoms with Crippen molar-refractivity contribution in [3.05, 3.63) is 52.5 Å². The highest BCUT2D eigenvalue weighted by Gasteiger charge is 2.32. The van der Waals surface area contributed by atoms with Crippen molar-refractivity contribution in [2.75, 3.05) is 38.6 Å². The number of sulfonamides is 1.